The van der Waals surface area contributed by atoms with Crippen LogP contribution >= 0.6 is 0 Å². The number of carbonyl (C=O) groups excluding carboxylic acids is 2. The predicted molar refractivity (Wildman–Crippen MR) is 94.7 cm³/mol. The highest BCUT2D eigenvalue weighted by Gasteiger charge is 2.23. The van der Waals surface area contributed by atoms with E-state index < -0.39 is 23.7 Å². The molecule has 0 saturated carbocycles. The van der Waals surface area contributed by atoms with Crippen LogP contribution in [0.1, 0.15) is 63.2 Å². The summed E-state index contributed by atoms with van der Waals surface area (Å²) in [5.74, 6) is -1.01. The van der Waals surface area contributed by atoms with Gasteiger partial charge in [0.2, 0.25) is 0 Å². The van der Waals surface area contributed by atoms with Gasteiger partial charge in [0, 0.05) is 12.0 Å². The SMILES string of the molecule is CC(C)(C)OC(=O)N[C@@H](CCCCCC(=O)c1ccccc1)C(=O)O. The molecule has 1 aromatic carbocycles. The van der Waals surface area contributed by atoms with E-state index in [0.29, 0.717) is 31.2 Å². The lowest BCUT2D eigenvalue weighted by Crippen LogP contribution is -2.43. The van der Waals surface area contributed by atoms with Crippen LogP contribution in [0.15, 0.2) is 30.3 Å². The zero-order chi connectivity index (χ0) is 18.9. The van der Waals surface area contributed by atoms with Crippen molar-refractivity contribution < 1.29 is 24.2 Å². The number of ether oxygens (including phenoxy) is 1. The molecule has 138 valence electrons. The molecule has 0 spiro atoms. The Labute approximate surface area is 148 Å². The summed E-state index contributed by atoms with van der Waals surface area (Å²) in [6.07, 6.45) is 2.01. The molecule has 0 heterocycles. The number of aliphatic carboxylic acids is 1. The van der Waals surface area contributed by atoms with E-state index in [2.05, 4.69) is 5.32 Å². The van der Waals surface area contributed by atoms with Crippen LogP contribution in [0.2, 0.25) is 0 Å². The largest absolute Gasteiger partial charge is 0.480 e. The molecule has 2 N–H and O–H groups in total. The average Bonchev–Trinajstić information content (AvgIpc) is 2.52. The Hall–Kier alpha value is -2.37. The van der Waals surface area contributed by atoms with Gasteiger partial charge in [-0.25, -0.2) is 9.59 Å². The Morgan fingerprint density at radius 3 is 2.28 bits per heavy atom. The van der Waals surface area contributed by atoms with Crippen molar-refractivity contribution in [2.45, 2.75) is 64.5 Å². The summed E-state index contributed by atoms with van der Waals surface area (Å²) >= 11 is 0. The molecule has 0 fully saturated rings. The number of carboxylic acids is 1. The summed E-state index contributed by atoms with van der Waals surface area (Å²) in [6.45, 7) is 5.14. The number of nitrogens with one attached hydrogen (secondary N) is 1. The fourth-order valence-corrected chi connectivity index (χ4v) is 2.29. The Morgan fingerprint density at radius 1 is 1.08 bits per heavy atom. The molecule has 1 amide bonds. The Balaban J connectivity index is 2.30. The minimum Gasteiger partial charge on any atom is -0.480 e. The van der Waals surface area contributed by atoms with Gasteiger partial charge in [0.1, 0.15) is 11.6 Å². The lowest BCUT2D eigenvalue weighted by Gasteiger charge is -2.22. The molecule has 1 rings (SSSR count). The second-order valence-electron chi connectivity index (χ2n) is 6.93. The fraction of sp³-hybridized carbons (Fsp3) is 0.526. The van der Waals surface area contributed by atoms with Crippen LogP contribution in [0.3, 0.4) is 0 Å². The summed E-state index contributed by atoms with van der Waals surface area (Å²) in [5.41, 5.74) is 0.0165. The molecular formula is C19H27NO5. The van der Waals surface area contributed by atoms with Gasteiger partial charge in [0.15, 0.2) is 5.78 Å². The van der Waals surface area contributed by atoms with Crippen molar-refractivity contribution in [3.8, 4) is 0 Å². The van der Waals surface area contributed by atoms with Crippen LogP contribution < -0.4 is 5.32 Å². The molecule has 0 radical (unpaired) electrons. The zero-order valence-electron chi connectivity index (χ0n) is 15.1. The second kappa shape index (κ2) is 9.81. The van der Waals surface area contributed by atoms with Crippen LogP contribution in [-0.2, 0) is 9.53 Å². The number of hydrogen-bond acceptors (Lipinski definition) is 4. The molecule has 0 bridgehead atoms. The third kappa shape index (κ3) is 8.88. The summed E-state index contributed by atoms with van der Waals surface area (Å²) in [7, 11) is 0. The topological polar surface area (TPSA) is 92.7 Å². The third-order valence-electron chi connectivity index (χ3n) is 3.48. The van der Waals surface area contributed by atoms with E-state index in [-0.39, 0.29) is 5.78 Å². The molecule has 0 aliphatic heterocycles. The maximum Gasteiger partial charge on any atom is 0.408 e. The van der Waals surface area contributed by atoms with Gasteiger partial charge in [-0.05, 0) is 33.6 Å². The van der Waals surface area contributed by atoms with Crippen LogP contribution in [0.4, 0.5) is 4.79 Å². The minimum absolute atomic E-state index is 0.0854. The number of rotatable bonds is 9. The zero-order valence-corrected chi connectivity index (χ0v) is 15.1. The number of alkyl carbamates (subject to hydrolysis) is 1. The van der Waals surface area contributed by atoms with Crippen molar-refractivity contribution >= 4 is 17.8 Å². The standard InChI is InChI=1S/C19H27NO5/c1-19(2,3)25-18(24)20-15(17(22)23)12-8-5-9-13-16(21)14-10-6-4-7-11-14/h4,6-7,10-11,15H,5,8-9,12-13H2,1-3H3,(H,20,24)(H,22,23)/t15-/m0/s1. The normalized spacial score (nSPS) is 12.3. The number of ketones is 1. The van der Waals surface area contributed by atoms with Gasteiger partial charge >= 0.3 is 12.1 Å². The first-order valence-corrected chi connectivity index (χ1v) is 8.49. The molecule has 1 atom stereocenters. The van der Waals surface area contributed by atoms with Crippen molar-refractivity contribution in [2.75, 3.05) is 0 Å². The molecule has 1 aromatic rings. The van der Waals surface area contributed by atoms with Crippen molar-refractivity contribution in [3.63, 3.8) is 0 Å². The Kier molecular flexibility index (Phi) is 8.11. The first-order valence-electron chi connectivity index (χ1n) is 8.49. The minimum atomic E-state index is -1.09. The van der Waals surface area contributed by atoms with Gasteiger partial charge in [0.05, 0.1) is 0 Å². The van der Waals surface area contributed by atoms with Crippen molar-refractivity contribution in [2.24, 2.45) is 0 Å². The first-order chi connectivity index (χ1) is 11.7. The highest BCUT2D eigenvalue weighted by Crippen LogP contribution is 2.11. The molecule has 0 aromatic heterocycles. The van der Waals surface area contributed by atoms with E-state index in [1.807, 2.05) is 18.2 Å². The smallest absolute Gasteiger partial charge is 0.408 e. The van der Waals surface area contributed by atoms with Crippen molar-refractivity contribution in [1.82, 2.24) is 5.32 Å². The summed E-state index contributed by atoms with van der Waals surface area (Å²) in [6, 6.07) is 8.10. The van der Waals surface area contributed by atoms with Crippen LogP contribution in [0.5, 0.6) is 0 Å². The highest BCUT2D eigenvalue weighted by atomic mass is 16.6. The highest BCUT2D eigenvalue weighted by molar-refractivity contribution is 5.95. The van der Waals surface area contributed by atoms with E-state index in [1.54, 1.807) is 32.9 Å². The monoisotopic (exact) mass is 349 g/mol. The first kappa shape index (κ1) is 20.7. The Morgan fingerprint density at radius 2 is 1.72 bits per heavy atom. The van der Waals surface area contributed by atoms with Gasteiger partial charge in [-0.3, -0.25) is 4.79 Å². The number of carbonyl (C=O) groups is 3. The maximum atomic E-state index is 12.0. The molecule has 25 heavy (non-hydrogen) atoms. The molecule has 0 aliphatic rings. The molecule has 0 unspecified atom stereocenters. The van der Waals surface area contributed by atoms with Gasteiger partial charge in [-0.1, -0.05) is 43.2 Å². The van der Waals surface area contributed by atoms with E-state index >= 15 is 0 Å². The van der Waals surface area contributed by atoms with Gasteiger partial charge in [-0.2, -0.15) is 0 Å². The molecular weight excluding hydrogens is 322 g/mol. The number of Topliss-reactive ketones (excluding diaryl/α,β-unsaturated/α-hetero) is 1. The maximum absolute atomic E-state index is 12.0. The van der Waals surface area contributed by atoms with Crippen molar-refractivity contribution in [3.05, 3.63) is 35.9 Å². The predicted octanol–water partition coefficient (Wildman–Crippen LogP) is 3.80. The number of unbranched alkanes of at least 4 members (excludes halogenated alkanes) is 2. The number of hydrogen-bond donors (Lipinski definition) is 2. The number of amides is 1. The lowest BCUT2D eigenvalue weighted by atomic mass is 10.0. The van der Waals surface area contributed by atoms with Crippen LogP contribution in [-0.4, -0.2) is 34.6 Å². The summed E-state index contributed by atoms with van der Waals surface area (Å²) in [5, 5.41) is 11.6. The Bertz CT molecular complexity index is 577. The fourth-order valence-electron chi connectivity index (χ4n) is 2.29. The van der Waals surface area contributed by atoms with Crippen molar-refractivity contribution in [1.29, 1.82) is 0 Å². The number of benzene rings is 1. The second-order valence-corrected chi connectivity index (χ2v) is 6.93. The summed E-state index contributed by atoms with van der Waals surface area (Å²) < 4.78 is 5.07. The van der Waals surface area contributed by atoms with Crippen LogP contribution in [0, 0.1) is 0 Å². The molecule has 0 saturated heterocycles. The van der Waals surface area contributed by atoms with Gasteiger partial charge in [-0.15, -0.1) is 0 Å². The van der Waals surface area contributed by atoms with Gasteiger partial charge in [0.25, 0.3) is 0 Å². The molecule has 6 nitrogen and oxygen atoms in total. The van der Waals surface area contributed by atoms with E-state index in [0.717, 1.165) is 6.42 Å². The van der Waals surface area contributed by atoms with E-state index in [1.165, 1.54) is 0 Å². The lowest BCUT2D eigenvalue weighted by molar-refractivity contribution is -0.139. The average molecular weight is 349 g/mol. The third-order valence-corrected chi connectivity index (χ3v) is 3.48. The quantitative estimate of drug-likeness (QED) is 0.522. The molecule has 0 aliphatic carbocycles. The van der Waals surface area contributed by atoms with E-state index in [4.69, 9.17) is 4.74 Å². The number of carboxylic acid groups (broad SMARTS) is 1. The van der Waals surface area contributed by atoms with E-state index in [9.17, 15) is 19.5 Å². The molecule has 6 heteroatoms. The van der Waals surface area contributed by atoms with Gasteiger partial charge < -0.3 is 15.2 Å². The summed E-state index contributed by atoms with van der Waals surface area (Å²) in [4.78, 5) is 34.9. The van der Waals surface area contributed by atoms with Crippen LogP contribution in [0.25, 0.3) is 0 Å².